The molecule has 0 aliphatic carbocycles. The van der Waals surface area contributed by atoms with Crippen LogP contribution in [0.15, 0.2) is 237 Å². The summed E-state index contributed by atoms with van der Waals surface area (Å²) in [6, 6.07) is 75.8. The molecule has 276 valence electrons. The number of benzene rings is 9. The fourth-order valence-electron chi connectivity index (χ4n) is 6.68. The van der Waals surface area contributed by atoms with E-state index in [1.807, 2.05) is 237 Å². The Morgan fingerprint density at radius 1 is 0.172 bits per heavy atom. The summed E-state index contributed by atoms with van der Waals surface area (Å²) < 4.78 is 0. The Bertz CT molecular complexity index is 2150. The molecule has 9 rings (SSSR count). The van der Waals surface area contributed by atoms with Crippen LogP contribution in [-0.4, -0.2) is 0 Å². The van der Waals surface area contributed by atoms with Crippen molar-refractivity contribution in [3.05, 3.63) is 237 Å². The zero-order valence-corrected chi connectivity index (χ0v) is 35.5. The molecule has 0 spiro atoms. The van der Waals surface area contributed by atoms with Gasteiger partial charge in [-0.1, -0.05) is 254 Å². The average molecular weight is 877 g/mol. The van der Waals surface area contributed by atoms with E-state index in [0.717, 1.165) is 66.8 Å². The van der Waals surface area contributed by atoms with Crippen LogP contribution < -0.4 is 15.3 Å². The van der Waals surface area contributed by atoms with E-state index in [-0.39, 0.29) is 58.5 Å². The zero-order chi connectivity index (χ0) is 39.2. The van der Waals surface area contributed by atoms with Gasteiger partial charge in [0.2, 0.25) is 0 Å². The molecule has 0 atom stereocenters. The average Bonchev–Trinajstić information content (AvgIpc) is 3.29. The SMILES string of the molecule is [O-]c1c(-c2ccccc2)cccc1-c1ccccc1.[O-]c1c(-c2ccccc2)cccc1-c1ccccc1.[O-]c1c(-c2ccccc2)cccc1-c1ccccc1.[Pr+3]. The van der Waals surface area contributed by atoms with E-state index in [2.05, 4.69) is 0 Å². The maximum Gasteiger partial charge on any atom is 3.00 e. The maximum atomic E-state index is 12.6. The van der Waals surface area contributed by atoms with Gasteiger partial charge in [-0.25, -0.2) is 0 Å². The molecular weight excluding hydrogens is 837 g/mol. The molecule has 0 aromatic heterocycles. The minimum Gasteiger partial charge on any atom is -0.872 e. The van der Waals surface area contributed by atoms with Gasteiger partial charge in [-0.15, -0.1) is 0 Å². The second-order valence-corrected chi connectivity index (χ2v) is 13.2. The first-order valence-electron chi connectivity index (χ1n) is 18.8. The van der Waals surface area contributed by atoms with Gasteiger partial charge in [0.05, 0.1) is 0 Å². The summed E-state index contributed by atoms with van der Waals surface area (Å²) in [6.45, 7) is 0. The van der Waals surface area contributed by atoms with Crippen LogP contribution >= 0.6 is 0 Å². The molecule has 0 saturated carbocycles. The largest absolute Gasteiger partial charge is 3.00 e. The number of para-hydroxylation sites is 3. The van der Waals surface area contributed by atoms with Crippen molar-refractivity contribution in [3.8, 4) is 84.0 Å². The van der Waals surface area contributed by atoms with Crippen LogP contribution in [0.2, 0.25) is 0 Å². The Morgan fingerprint density at radius 2 is 0.310 bits per heavy atom. The Hall–Kier alpha value is -6.26. The van der Waals surface area contributed by atoms with E-state index in [1.165, 1.54) is 0 Å². The summed E-state index contributed by atoms with van der Waals surface area (Å²) in [5.74, 6) is 0.250. The molecule has 0 N–H and O–H groups in total. The van der Waals surface area contributed by atoms with Crippen molar-refractivity contribution in [3.63, 3.8) is 0 Å². The van der Waals surface area contributed by atoms with Crippen molar-refractivity contribution >= 4 is 0 Å². The van der Waals surface area contributed by atoms with Gasteiger partial charge in [0.1, 0.15) is 0 Å². The normalized spacial score (nSPS) is 10.1. The predicted molar refractivity (Wildman–Crippen MR) is 230 cm³/mol. The van der Waals surface area contributed by atoms with Gasteiger partial charge in [0.15, 0.2) is 0 Å². The monoisotopic (exact) mass is 876 g/mol. The molecule has 0 aliphatic rings. The fraction of sp³-hybridized carbons (Fsp3) is 0. The smallest absolute Gasteiger partial charge is 0.872 e. The Kier molecular flexibility index (Phi) is 14.8. The van der Waals surface area contributed by atoms with Crippen molar-refractivity contribution in [2.24, 2.45) is 0 Å². The van der Waals surface area contributed by atoms with Crippen LogP contribution in [0.3, 0.4) is 0 Å². The molecule has 0 unspecified atom stereocenters. The molecule has 0 aliphatic heterocycles. The van der Waals surface area contributed by atoms with Gasteiger partial charge in [0, 0.05) is 0 Å². The van der Waals surface area contributed by atoms with Crippen molar-refractivity contribution < 1.29 is 56.6 Å². The van der Waals surface area contributed by atoms with E-state index in [0.29, 0.717) is 0 Å². The fourth-order valence-corrected chi connectivity index (χ4v) is 6.68. The van der Waals surface area contributed by atoms with Crippen molar-refractivity contribution in [2.45, 2.75) is 0 Å². The van der Waals surface area contributed by atoms with Crippen LogP contribution in [0, 0.1) is 41.3 Å². The second kappa shape index (κ2) is 20.8. The maximum absolute atomic E-state index is 12.6. The first-order chi connectivity index (χ1) is 28.1. The van der Waals surface area contributed by atoms with Crippen LogP contribution in [0.5, 0.6) is 17.2 Å². The number of hydrogen-bond donors (Lipinski definition) is 0. The van der Waals surface area contributed by atoms with E-state index in [9.17, 15) is 15.3 Å². The third kappa shape index (κ3) is 10.2. The molecule has 0 radical (unpaired) electrons. The Morgan fingerprint density at radius 3 is 0.448 bits per heavy atom. The molecule has 0 saturated heterocycles. The van der Waals surface area contributed by atoms with Crippen molar-refractivity contribution in [1.29, 1.82) is 0 Å². The van der Waals surface area contributed by atoms with Crippen LogP contribution in [0.25, 0.3) is 66.8 Å². The van der Waals surface area contributed by atoms with E-state index < -0.39 is 0 Å². The summed E-state index contributed by atoms with van der Waals surface area (Å²) in [6.07, 6.45) is 0. The van der Waals surface area contributed by atoms with E-state index in [4.69, 9.17) is 0 Å². The second-order valence-electron chi connectivity index (χ2n) is 13.2. The number of hydrogen-bond acceptors (Lipinski definition) is 3. The van der Waals surface area contributed by atoms with Crippen LogP contribution in [0.1, 0.15) is 0 Å². The molecule has 4 heteroatoms. The van der Waals surface area contributed by atoms with Gasteiger partial charge in [-0.2, -0.15) is 0 Å². The van der Waals surface area contributed by atoms with Gasteiger partial charge in [-0.3, -0.25) is 0 Å². The molecule has 9 aromatic carbocycles. The molecule has 0 amide bonds. The Balaban J connectivity index is 0.000000145. The third-order valence-corrected chi connectivity index (χ3v) is 9.55. The summed E-state index contributed by atoms with van der Waals surface area (Å²) in [5.41, 5.74) is 10.3. The summed E-state index contributed by atoms with van der Waals surface area (Å²) in [7, 11) is 0. The van der Waals surface area contributed by atoms with Crippen LogP contribution in [-0.2, 0) is 0 Å². The van der Waals surface area contributed by atoms with Crippen molar-refractivity contribution in [2.75, 3.05) is 0 Å². The molecule has 3 nitrogen and oxygen atoms in total. The van der Waals surface area contributed by atoms with Gasteiger partial charge >= 0.3 is 41.3 Å². The van der Waals surface area contributed by atoms with Gasteiger partial charge < -0.3 is 15.3 Å². The quantitative estimate of drug-likeness (QED) is 0.167. The minimum atomic E-state index is 0. The standard InChI is InChI=1S/3C18H14O.Pr/c3*19-18-16(14-8-3-1-4-9-14)12-7-13-17(18)15-10-5-2-6-11-15;/h3*1-13,19H;/q;;;+3/p-3. The summed E-state index contributed by atoms with van der Waals surface area (Å²) in [4.78, 5) is 0. The van der Waals surface area contributed by atoms with Crippen LogP contribution in [0.4, 0.5) is 0 Å². The topological polar surface area (TPSA) is 69.2 Å². The minimum absolute atomic E-state index is 0. The molecule has 0 heterocycles. The first-order valence-corrected chi connectivity index (χ1v) is 18.8. The molecule has 0 fully saturated rings. The summed E-state index contributed by atoms with van der Waals surface area (Å²) >= 11 is 0. The zero-order valence-electron chi connectivity index (χ0n) is 31.8. The molecule has 9 aromatic rings. The van der Waals surface area contributed by atoms with Gasteiger partial charge in [-0.05, 0) is 66.8 Å². The molecule has 0 bridgehead atoms. The van der Waals surface area contributed by atoms with Crippen molar-refractivity contribution in [1.82, 2.24) is 0 Å². The first kappa shape index (κ1) is 41.4. The predicted octanol–water partition coefficient (Wildman–Crippen LogP) is 12.3. The van der Waals surface area contributed by atoms with Gasteiger partial charge in [0.25, 0.3) is 0 Å². The molecule has 58 heavy (non-hydrogen) atoms. The third-order valence-electron chi connectivity index (χ3n) is 9.55. The summed E-state index contributed by atoms with van der Waals surface area (Å²) in [5, 5.41) is 37.7. The number of rotatable bonds is 6. The Labute approximate surface area is 374 Å². The van der Waals surface area contributed by atoms with E-state index >= 15 is 0 Å². The van der Waals surface area contributed by atoms with E-state index in [1.54, 1.807) is 0 Å². The molecular formula is C54H39O3Pr.